The number of nitrogens with one attached hydrogen (secondary N) is 1. The Labute approximate surface area is 126 Å². The molecule has 0 amide bonds. The molecule has 0 aromatic heterocycles. The highest BCUT2D eigenvalue weighted by molar-refractivity contribution is 5.75. The van der Waals surface area contributed by atoms with E-state index in [9.17, 15) is 4.79 Å². The van der Waals surface area contributed by atoms with Crippen LogP contribution in [0, 0.1) is 0 Å². The fourth-order valence-electron chi connectivity index (χ4n) is 1.74. The van der Waals surface area contributed by atoms with E-state index in [1.165, 1.54) is 7.11 Å². The molecule has 118 valence electrons. The minimum Gasteiger partial charge on any atom is -0.490 e. The second-order valence-corrected chi connectivity index (χ2v) is 4.64. The van der Waals surface area contributed by atoms with Gasteiger partial charge in [0.15, 0.2) is 11.5 Å². The Balaban J connectivity index is 2.63. The van der Waals surface area contributed by atoms with Crippen LogP contribution in [-0.2, 0) is 9.53 Å². The Morgan fingerprint density at radius 2 is 1.81 bits per heavy atom. The van der Waals surface area contributed by atoms with Gasteiger partial charge in [-0.15, -0.1) is 0 Å². The Morgan fingerprint density at radius 3 is 2.38 bits per heavy atom. The lowest BCUT2D eigenvalue weighted by atomic mass is 10.3. The summed E-state index contributed by atoms with van der Waals surface area (Å²) in [6.07, 6.45) is 1.86. The van der Waals surface area contributed by atoms with Gasteiger partial charge in [-0.25, -0.2) is 0 Å². The normalized spacial score (nSPS) is 11.8. The molecule has 0 aliphatic carbocycles. The fraction of sp³-hybridized carbons (Fsp3) is 0.562. The highest BCUT2D eigenvalue weighted by Gasteiger charge is 2.19. The van der Waals surface area contributed by atoms with Gasteiger partial charge in [0.05, 0.1) is 13.7 Å². The summed E-state index contributed by atoms with van der Waals surface area (Å²) in [4.78, 5) is 11.7. The first-order chi connectivity index (χ1) is 10.2. The second kappa shape index (κ2) is 10.0. The van der Waals surface area contributed by atoms with Crippen molar-refractivity contribution in [2.24, 2.45) is 0 Å². The molecule has 21 heavy (non-hydrogen) atoms. The average molecular weight is 295 g/mol. The van der Waals surface area contributed by atoms with E-state index >= 15 is 0 Å². The van der Waals surface area contributed by atoms with Gasteiger partial charge in [-0.05, 0) is 31.5 Å². The van der Waals surface area contributed by atoms with Gasteiger partial charge in [0, 0.05) is 0 Å². The van der Waals surface area contributed by atoms with Crippen molar-refractivity contribution in [3.63, 3.8) is 0 Å². The minimum absolute atomic E-state index is 0.208. The summed E-state index contributed by atoms with van der Waals surface area (Å²) in [6, 6.07) is 6.98. The quantitative estimate of drug-likeness (QED) is 0.672. The van der Waals surface area contributed by atoms with Crippen LogP contribution in [-0.4, -0.2) is 38.9 Å². The van der Waals surface area contributed by atoms with Gasteiger partial charge in [-0.1, -0.05) is 26.0 Å². The number of methoxy groups -OCH3 is 1. The molecule has 0 bridgehead atoms. The molecule has 0 fully saturated rings. The van der Waals surface area contributed by atoms with Crippen LogP contribution in [0.4, 0.5) is 0 Å². The molecule has 0 saturated heterocycles. The minimum atomic E-state index is -0.478. The van der Waals surface area contributed by atoms with E-state index in [0.717, 1.165) is 19.4 Å². The van der Waals surface area contributed by atoms with Gasteiger partial charge in [0.25, 0.3) is 0 Å². The molecule has 5 heteroatoms. The molecule has 5 nitrogen and oxygen atoms in total. The van der Waals surface area contributed by atoms with Crippen LogP contribution in [0.1, 0.15) is 26.7 Å². The van der Waals surface area contributed by atoms with E-state index in [4.69, 9.17) is 14.2 Å². The van der Waals surface area contributed by atoms with Crippen LogP contribution in [0.2, 0.25) is 0 Å². The van der Waals surface area contributed by atoms with E-state index in [2.05, 4.69) is 5.32 Å². The topological polar surface area (TPSA) is 56.8 Å². The van der Waals surface area contributed by atoms with E-state index in [-0.39, 0.29) is 12.6 Å². The second-order valence-electron chi connectivity index (χ2n) is 4.64. The molecule has 0 aliphatic heterocycles. The van der Waals surface area contributed by atoms with E-state index < -0.39 is 6.04 Å². The molecule has 0 saturated carbocycles. The number of ether oxygens (including phenoxy) is 3. The summed E-state index contributed by atoms with van der Waals surface area (Å²) in [5, 5.41) is 3.11. The third-order valence-corrected chi connectivity index (χ3v) is 2.84. The number of rotatable bonds is 10. The summed E-state index contributed by atoms with van der Waals surface area (Å²) < 4.78 is 16.1. The van der Waals surface area contributed by atoms with Crippen LogP contribution >= 0.6 is 0 Å². The van der Waals surface area contributed by atoms with Crippen molar-refractivity contribution in [3.05, 3.63) is 24.3 Å². The molecule has 0 radical (unpaired) electrons. The number of hydrogen-bond donors (Lipinski definition) is 1. The van der Waals surface area contributed by atoms with E-state index in [1.807, 2.05) is 38.1 Å². The summed E-state index contributed by atoms with van der Waals surface area (Å²) in [7, 11) is 1.38. The van der Waals surface area contributed by atoms with Gasteiger partial charge in [0.1, 0.15) is 12.6 Å². The smallest absolute Gasteiger partial charge is 0.326 e. The molecular weight excluding hydrogens is 270 g/mol. The number of para-hydroxylation sites is 2. The molecule has 1 N–H and O–H groups in total. The molecule has 1 atom stereocenters. The van der Waals surface area contributed by atoms with Crippen molar-refractivity contribution >= 4 is 5.97 Å². The molecule has 1 rings (SSSR count). The van der Waals surface area contributed by atoms with Crippen LogP contribution in [0.5, 0.6) is 11.5 Å². The molecule has 1 aromatic rings. The molecule has 0 heterocycles. The summed E-state index contributed by atoms with van der Waals surface area (Å²) >= 11 is 0. The Hall–Kier alpha value is -1.75. The Morgan fingerprint density at radius 1 is 1.14 bits per heavy atom. The van der Waals surface area contributed by atoms with Crippen molar-refractivity contribution in [3.8, 4) is 11.5 Å². The lowest BCUT2D eigenvalue weighted by Gasteiger charge is -2.18. The number of carbonyl (C=O) groups is 1. The lowest BCUT2D eigenvalue weighted by molar-refractivity contribution is -0.143. The lowest BCUT2D eigenvalue weighted by Crippen LogP contribution is -2.42. The largest absolute Gasteiger partial charge is 0.490 e. The van der Waals surface area contributed by atoms with Crippen LogP contribution in [0.25, 0.3) is 0 Å². The maximum atomic E-state index is 11.7. The van der Waals surface area contributed by atoms with Crippen LogP contribution < -0.4 is 14.8 Å². The zero-order valence-electron chi connectivity index (χ0n) is 13.1. The zero-order chi connectivity index (χ0) is 15.5. The zero-order valence-corrected chi connectivity index (χ0v) is 13.1. The third-order valence-electron chi connectivity index (χ3n) is 2.84. The van der Waals surface area contributed by atoms with Gasteiger partial charge in [-0.2, -0.15) is 0 Å². The van der Waals surface area contributed by atoms with Gasteiger partial charge >= 0.3 is 5.97 Å². The first kappa shape index (κ1) is 17.3. The monoisotopic (exact) mass is 295 g/mol. The fourth-order valence-corrected chi connectivity index (χ4v) is 1.74. The van der Waals surface area contributed by atoms with Gasteiger partial charge < -0.3 is 19.5 Å². The van der Waals surface area contributed by atoms with Crippen LogP contribution in [0.15, 0.2) is 24.3 Å². The van der Waals surface area contributed by atoms with Crippen LogP contribution in [0.3, 0.4) is 0 Å². The van der Waals surface area contributed by atoms with Crippen molar-refractivity contribution in [2.45, 2.75) is 32.7 Å². The highest BCUT2D eigenvalue weighted by Crippen LogP contribution is 2.26. The predicted molar refractivity (Wildman–Crippen MR) is 81.8 cm³/mol. The summed E-state index contributed by atoms with van der Waals surface area (Å²) in [6.45, 7) is 5.66. The molecule has 1 unspecified atom stereocenters. The number of carbonyl (C=O) groups excluding carboxylic acids is 1. The predicted octanol–water partition coefficient (Wildman–Crippen LogP) is 2.40. The molecule has 1 aromatic carbocycles. The maximum Gasteiger partial charge on any atom is 0.326 e. The number of esters is 1. The SMILES string of the molecule is CCCNC(COc1ccccc1OCCC)C(=O)OC. The summed E-state index contributed by atoms with van der Waals surface area (Å²) in [5.74, 6) is 1.01. The number of hydrogen-bond acceptors (Lipinski definition) is 5. The third kappa shape index (κ3) is 6.04. The van der Waals surface area contributed by atoms with Crippen molar-refractivity contribution in [2.75, 3.05) is 26.9 Å². The first-order valence-electron chi connectivity index (χ1n) is 7.38. The molecular formula is C16H25NO4. The number of benzene rings is 1. The van der Waals surface area contributed by atoms with Gasteiger partial charge in [-0.3, -0.25) is 4.79 Å². The molecule has 0 aliphatic rings. The summed E-state index contributed by atoms with van der Waals surface area (Å²) in [5.41, 5.74) is 0. The average Bonchev–Trinajstić information content (AvgIpc) is 2.53. The molecule has 0 spiro atoms. The van der Waals surface area contributed by atoms with Crippen molar-refractivity contribution in [1.29, 1.82) is 0 Å². The van der Waals surface area contributed by atoms with Crippen molar-refractivity contribution in [1.82, 2.24) is 5.32 Å². The van der Waals surface area contributed by atoms with E-state index in [1.54, 1.807) is 0 Å². The Bertz CT molecular complexity index is 422. The maximum absolute atomic E-state index is 11.7. The van der Waals surface area contributed by atoms with E-state index in [0.29, 0.717) is 18.1 Å². The Kier molecular flexibility index (Phi) is 8.28. The standard InChI is InChI=1S/C16H25NO4/c1-4-10-17-13(16(18)19-3)12-21-15-9-7-6-8-14(15)20-11-5-2/h6-9,13,17H,4-5,10-12H2,1-3H3. The highest BCUT2D eigenvalue weighted by atomic mass is 16.5. The van der Waals surface area contributed by atoms with Crippen molar-refractivity contribution < 1.29 is 19.0 Å². The van der Waals surface area contributed by atoms with Gasteiger partial charge in [0.2, 0.25) is 0 Å². The first-order valence-corrected chi connectivity index (χ1v) is 7.38.